The molecule has 0 fully saturated rings. The van der Waals surface area contributed by atoms with Gasteiger partial charge in [-0.3, -0.25) is 11.3 Å². The van der Waals surface area contributed by atoms with Gasteiger partial charge in [0.05, 0.1) is 6.04 Å². The summed E-state index contributed by atoms with van der Waals surface area (Å²) < 4.78 is 1.25. The Balaban J connectivity index is 2.96. The van der Waals surface area contributed by atoms with Gasteiger partial charge in [-0.15, -0.1) is 0 Å². The summed E-state index contributed by atoms with van der Waals surface area (Å²) in [4.78, 5) is 0. The molecule has 0 saturated carbocycles. The number of hydrogen-bond acceptors (Lipinski definition) is 2. The third kappa shape index (κ3) is 2.93. The van der Waals surface area contributed by atoms with Gasteiger partial charge in [-0.05, 0) is 45.7 Å². The van der Waals surface area contributed by atoms with E-state index in [1.165, 1.54) is 9.13 Å². The lowest BCUT2D eigenvalue weighted by molar-refractivity contribution is 0.275. The van der Waals surface area contributed by atoms with Crippen molar-refractivity contribution in [2.24, 2.45) is 11.3 Å². The molecule has 0 saturated heterocycles. The summed E-state index contributed by atoms with van der Waals surface area (Å²) in [7, 11) is 0. The average Bonchev–Trinajstić information content (AvgIpc) is 2.07. The van der Waals surface area contributed by atoms with E-state index in [0.717, 1.165) is 0 Å². The van der Waals surface area contributed by atoms with Crippen molar-refractivity contribution in [3.63, 3.8) is 0 Å². The molecule has 1 atom stereocenters. The highest BCUT2D eigenvalue weighted by Gasteiger charge is 2.24. The number of halogens is 1. The summed E-state index contributed by atoms with van der Waals surface area (Å²) in [6.45, 7) is 6.53. The summed E-state index contributed by atoms with van der Waals surface area (Å²) in [5, 5.41) is 0. The molecule has 0 aliphatic heterocycles. The molecular weight excluding hydrogens is 287 g/mol. The molecule has 0 aromatic heterocycles. The fourth-order valence-corrected chi connectivity index (χ4v) is 1.86. The van der Waals surface area contributed by atoms with Crippen molar-refractivity contribution in [1.29, 1.82) is 0 Å². The van der Waals surface area contributed by atoms with Crippen LogP contribution in [0.4, 0.5) is 0 Å². The smallest absolute Gasteiger partial charge is 0.0508 e. The Bertz CT molecular complexity index is 287. The minimum absolute atomic E-state index is 0.127. The Hall–Kier alpha value is -0.130. The fraction of sp³-hybridized carbons (Fsp3) is 0.455. The molecule has 3 N–H and O–H groups in total. The van der Waals surface area contributed by atoms with E-state index in [1.54, 1.807) is 0 Å². The monoisotopic (exact) mass is 304 g/mol. The maximum Gasteiger partial charge on any atom is 0.0508 e. The first kappa shape index (κ1) is 11.9. The first-order valence-electron chi connectivity index (χ1n) is 4.67. The molecule has 0 amide bonds. The summed E-state index contributed by atoms with van der Waals surface area (Å²) in [5.41, 5.74) is 4.24. The lowest BCUT2D eigenvalue weighted by atomic mass is 9.83. The third-order valence-corrected chi connectivity index (χ3v) is 2.96. The predicted molar refractivity (Wildman–Crippen MR) is 68.7 cm³/mol. The van der Waals surface area contributed by atoms with Gasteiger partial charge in [-0.25, -0.2) is 0 Å². The van der Waals surface area contributed by atoms with Gasteiger partial charge in [0.15, 0.2) is 0 Å². The standard InChI is InChI=1S/C11H17IN2/c1-11(2,3)10(14-13)8-4-6-9(12)7-5-8/h4-7,10,14H,13H2,1-3H3. The van der Waals surface area contributed by atoms with Crippen molar-refractivity contribution in [1.82, 2.24) is 5.43 Å². The first-order valence-corrected chi connectivity index (χ1v) is 5.74. The molecular formula is C11H17IN2. The second kappa shape index (κ2) is 4.59. The van der Waals surface area contributed by atoms with E-state index in [9.17, 15) is 0 Å². The minimum atomic E-state index is 0.127. The molecule has 0 aliphatic rings. The Morgan fingerprint density at radius 2 is 1.71 bits per heavy atom. The van der Waals surface area contributed by atoms with E-state index in [1.807, 2.05) is 0 Å². The van der Waals surface area contributed by atoms with Crippen molar-refractivity contribution in [2.75, 3.05) is 0 Å². The van der Waals surface area contributed by atoms with Gasteiger partial charge in [0.25, 0.3) is 0 Å². The van der Waals surface area contributed by atoms with Gasteiger partial charge in [-0.2, -0.15) is 0 Å². The first-order chi connectivity index (χ1) is 6.45. The van der Waals surface area contributed by atoms with Crippen LogP contribution >= 0.6 is 22.6 Å². The molecule has 1 aromatic rings. The Kier molecular flexibility index (Phi) is 3.92. The fourth-order valence-electron chi connectivity index (χ4n) is 1.50. The highest BCUT2D eigenvalue weighted by Crippen LogP contribution is 2.31. The number of hydrogen-bond donors (Lipinski definition) is 2. The molecule has 1 rings (SSSR count). The maximum atomic E-state index is 5.58. The molecule has 14 heavy (non-hydrogen) atoms. The quantitative estimate of drug-likeness (QED) is 0.501. The van der Waals surface area contributed by atoms with Gasteiger partial charge < -0.3 is 0 Å². The van der Waals surface area contributed by atoms with Gasteiger partial charge in [0.1, 0.15) is 0 Å². The molecule has 1 unspecified atom stereocenters. The van der Waals surface area contributed by atoms with Gasteiger partial charge in [-0.1, -0.05) is 32.9 Å². The van der Waals surface area contributed by atoms with Crippen LogP contribution in [0.1, 0.15) is 32.4 Å². The molecule has 0 aliphatic carbocycles. The zero-order valence-corrected chi connectivity index (χ0v) is 11.0. The SMILES string of the molecule is CC(C)(C)C(NN)c1ccc(I)cc1. The van der Waals surface area contributed by atoms with E-state index in [-0.39, 0.29) is 11.5 Å². The molecule has 2 nitrogen and oxygen atoms in total. The van der Waals surface area contributed by atoms with Crippen LogP contribution < -0.4 is 11.3 Å². The number of nitrogens with one attached hydrogen (secondary N) is 1. The van der Waals surface area contributed by atoms with E-state index < -0.39 is 0 Å². The summed E-state index contributed by atoms with van der Waals surface area (Å²) in [5.74, 6) is 5.58. The highest BCUT2D eigenvalue weighted by atomic mass is 127. The highest BCUT2D eigenvalue weighted by molar-refractivity contribution is 14.1. The normalized spacial score (nSPS) is 14.1. The lowest BCUT2D eigenvalue weighted by Crippen LogP contribution is -2.36. The van der Waals surface area contributed by atoms with Gasteiger partial charge in [0, 0.05) is 3.57 Å². The minimum Gasteiger partial charge on any atom is -0.271 e. The molecule has 0 bridgehead atoms. The summed E-state index contributed by atoms with van der Waals surface area (Å²) in [6.07, 6.45) is 0. The zero-order chi connectivity index (χ0) is 10.8. The molecule has 1 aromatic carbocycles. The van der Waals surface area contributed by atoms with Crippen molar-refractivity contribution in [3.8, 4) is 0 Å². The van der Waals surface area contributed by atoms with Crippen LogP contribution in [0.3, 0.4) is 0 Å². The van der Waals surface area contributed by atoms with Gasteiger partial charge in [0.2, 0.25) is 0 Å². The Morgan fingerprint density at radius 3 is 2.07 bits per heavy atom. The third-order valence-electron chi connectivity index (χ3n) is 2.24. The van der Waals surface area contributed by atoms with Crippen LogP contribution in [0.15, 0.2) is 24.3 Å². The zero-order valence-electron chi connectivity index (χ0n) is 8.84. The van der Waals surface area contributed by atoms with Crippen LogP contribution in [-0.4, -0.2) is 0 Å². The van der Waals surface area contributed by atoms with Crippen molar-refractivity contribution < 1.29 is 0 Å². The predicted octanol–water partition coefficient (Wildman–Crippen LogP) is 2.84. The van der Waals surface area contributed by atoms with Crippen LogP contribution in [-0.2, 0) is 0 Å². The number of benzene rings is 1. The van der Waals surface area contributed by atoms with E-state index in [2.05, 4.69) is 73.1 Å². The number of hydrazine groups is 1. The van der Waals surface area contributed by atoms with Crippen molar-refractivity contribution in [3.05, 3.63) is 33.4 Å². The average molecular weight is 304 g/mol. The van der Waals surface area contributed by atoms with E-state index in [4.69, 9.17) is 5.84 Å². The van der Waals surface area contributed by atoms with E-state index in [0.29, 0.717) is 0 Å². The van der Waals surface area contributed by atoms with Gasteiger partial charge >= 0.3 is 0 Å². The van der Waals surface area contributed by atoms with Crippen LogP contribution in [0, 0.1) is 8.99 Å². The molecule has 0 spiro atoms. The van der Waals surface area contributed by atoms with Crippen molar-refractivity contribution >= 4 is 22.6 Å². The second-order valence-corrected chi connectivity index (χ2v) is 5.76. The van der Waals surface area contributed by atoms with Crippen LogP contribution in [0.5, 0.6) is 0 Å². The van der Waals surface area contributed by atoms with Crippen LogP contribution in [0.25, 0.3) is 0 Å². The molecule has 3 heteroatoms. The largest absolute Gasteiger partial charge is 0.271 e. The summed E-state index contributed by atoms with van der Waals surface area (Å²) in [6, 6.07) is 8.65. The maximum absolute atomic E-state index is 5.58. The topological polar surface area (TPSA) is 38.0 Å². The Labute approximate surface area is 99.4 Å². The lowest BCUT2D eigenvalue weighted by Gasteiger charge is -2.30. The van der Waals surface area contributed by atoms with Crippen LogP contribution in [0.2, 0.25) is 0 Å². The molecule has 0 radical (unpaired) electrons. The molecule has 78 valence electrons. The Morgan fingerprint density at radius 1 is 1.21 bits per heavy atom. The van der Waals surface area contributed by atoms with E-state index >= 15 is 0 Å². The molecule has 0 heterocycles. The number of nitrogens with two attached hydrogens (primary N) is 1. The number of rotatable bonds is 2. The van der Waals surface area contributed by atoms with Crippen molar-refractivity contribution in [2.45, 2.75) is 26.8 Å². The second-order valence-electron chi connectivity index (χ2n) is 4.52. The summed E-state index contributed by atoms with van der Waals surface area (Å²) >= 11 is 2.30.